The van der Waals surface area contributed by atoms with Crippen molar-refractivity contribution in [2.75, 3.05) is 13.4 Å². The van der Waals surface area contributed by atoms with E-state index in [0.717, 1.165) is 6.26 Å². The fourth-order valence-electron chi connectivity index (χ4n) is 2.02. The lowest BCUT2D eigenvalue weighted by Gasteiger charge is -2.20. The lowest BCUT2D eigenvalue weighted by molar-refractivity contribution is 0.0720. The predicted molar refractivity (Wildman–Crippen MR) is 84.2 cm³/mol. The number of hydrogen-bond donors (Lipinski definition) is 0. The van der Waals surface area contributed by atoms with Gasteiger partial charge in [0.05, 0.1) is 12.0 Å². The molecule has 1 aromatic carbocycles. The molecule has 5 nitrogen and oxygen atoms in total. The number of hydrogen-bond acceptors (Lipinski definition) is 5. The number of methoxy groups -OCH3 is 1. The van der Waals surface area contributed by atoms with E-state index in [-0.39, 0.29) is 16.2 Å². The highest BCUT2D eigenvalue weighted by Gasteiger charge is 2.26. The number of benzene rings is 1. The molecule has 0 bridgehead atoms. The topological polar surface area (TPSA) is 69.7 Å². The molecule has 0 atom stereocenters. The van der Waals surface area contributed by atoms with Crippen LogP contribution in [0.15, 0.2) is 17.0 Å². The van der Waals surface area contributed by atoms with Gasteiger partial charge in [-0.05, 0) is 38.2 Å². The Kier molecular flexibility index (Phi) is 5.22. The molecule has 0 N–H and O–H groups in total. The molecule has 0 aliphatic heterocycles. The summed E-state index contributed by atoms with van der Waals surface area (Å²) in [5.41, 5.74) is 0.772. The summed E-state index contributed by atoms with van der Waals surface area (Å²) in [7, 11) is -4.00. The van der Waals surface area contributed by atoms with Crippen molar-refractivity contribution in [2.24, 2.45) is 0 Å². The van der Waals surface area contributed by atoms with Crippen molar-refractivity contribution in [3.05, 3.63) is 23.3 Å². The van der Waals surface area contributed by atoms with Gasteiger partial charge in [-0.3, -0.25) is 0 Å². The lowest BCUT2D eigenvalue weighted by atomic mass is 10.1. The molecule has 0 saturated heterocycles. The molecule has 0 spiro atoms. The number of rotatable bonds is 5. The summed E-state index contributed by atoms with van der Waals surface area (Å²) in [5.74, 6) is -0.190. The van der Waals surface area contributed by atoms with Crippen LogP contribution in [0.5, 0.6) is 5.75 Å². The van der Waals surface area contributed by atoms with Gasteiger partial charge >= 0.3 is 5.97 Å². The minimum Gasteiger partial charge on any atom is -0.516 e. The van der Waals surface area contributed by atoms with Crippen LogP contribution in [0.3, 0.4) is 0 Å². The van der Waals surface area contributed by atoms with E-state index in [1.165, 1.54) is 19.2 Å². The third-order valence-corrected chi connectivity index (χ3v) is 4.77. The van der Waals surface area contributed by atoms with E-state index in [2.05, 4.69) is 0 Å². The molecule has 118 valence electrons. The maximum Gasteiger partial charge on any atom is 0.328 e. The maximum atomic E-state index is 12.3. The van der Waals surface area contributed by atoms with Crippen molar-refractivity contribution in [3.63, 3.8) is 0 Å². The van der Waals surface area contributed by atoms with Crippen LogP contribution in [-0.2, 0) is 20.7 Å². The van der Waals surface area contributed by atoms with Gasteiger partial charge in [0, 0.05) is 11.8 Å². The van der Waals surface area contributed by atoms with Crippen LogP contribution in [0.1, 0.15) is 22.8 Å². The molecule has 1 aromatic rings. The van der Waals surface area contributed by atoms with Gasteiger partial charge in [-0.2, -0.15) is 0 Å². The molecule has 0 unspecified atom stereocenters. The average molecular weight is 330 g/mol. The summed E-state index contributed by atoms with van der Waals surface area (Å²) in [6.07, 6.45) is 1.58. The van der Waals surface area contributed by atoms with Gasteiger partial charge in [0.15, 0.2) is 9.84 Å². The van der Waals surface area contributed by atoms with Crippen LogP contribution < -0.4 is 4.74 Å². The SMILES string of the molecule is CCc1c(S(C)(=O)=O)ccc(C(=O)O[Si](C)(C)C)c1OC. The Morgan fingerprint density at radius 3 is 2.19 bits per heavy atom. The minimum absolute atomic E-state index is 0.186. The molecule has 0 aliphatic rings. The van der Waals surface area contributed by atoms with E-state index < -0.39 is 24.1 Å². The van der Waals surface area contributed by atoms with Crippen LogP contribution >= 0.6 is 0 Å². The highest BCUT2D eigenvalue weighted by atomic mass is 32.2. The van der Waals surface area contributed by atoms with Crippen molar-refractivity contribution in [2.45, 2.75) is 37.9 Å². The molecule has 0 aromatic heterocycles. The van der Waals surface area contributed by atoms with E-state index in [1.807, 2.05) is 26.6 Å². The smallest absolute Gasteiger partial charge is 0.328 e. The van der Waals surface area contributed by atoms with Gasteiger partial charge in [0.2, 0.25) is 8.32 Å². The lowest BCUT2D eigenvalue weighted by Crippen LogP contribution is -2.29. The third-order valence-electron chi connectivity index (χ3n) is 2.79. The first-order valence-corrected chi connectivity index (χ1v) is 11.9. The number of carbonyl (C=O) groups is 1. The van der Waals surface area contributed by atoms with Crippen molar-refractivity contribution in [1.29, 1.82) is 0 Å². The summed E-state index contributed by atoms with van der Waals surface area (Å²) in [6.45, 7) is 7.54. The zero-order chi connectivity index (χ0) is 16.4. The largest absolute Gasteiger partial charge is 0.516 e. The number of ether oxygens (including phenoxy) is 1. The van der Waals surface area contributed by atoms with E-state index in [0.29, 0.717) is 12.0 Å². The second-order valence-electron chi connectivity index (χ2n) is 5.75. The van der Waals surface area contributed by atoms with Gasteiger partial charge < -0.3 is 9.16 Å². The first-order valence-electron chi connectivity index (χ1n) is 6.64. The van der Waals surface area contributed by atoms with Gasteiger partial charge in [0.1, 0.15) is 11.3 Å². The van der Waals surface area contributed by atoms with Crippen LogP contribution in [0.2, 0.25) is 19.6 Å². The molecule has 7 heteroatoms. The second-order valence-corrected chi connectivity index (χ2v) is 12.2. The first-order chi connectivity index (χ1) is 9.51. The monoisotopic (exact) mass is 330 g/mol. The van der Waals surface area contributed by atoms with E-state index in [9.17, 15) is 13.2 Å². The van der Waals surface area contributed by atoms with Gasteiger partial charge in [0.25, 0.3) is 0 Å². The van der Waals surface area contributed by atoms with Gasteiger partial charge in [-0.15, -0.1) is 0 Å². The second kappa shape index (κ2) is 6.19. The highest BCUT2D eigenvalue weighted by Crippen LogP contribution is 2.31. The van der Waals surface area contributed by atoms with Crippen LogP contribution in [-0.4, -0.2) is 36.1 Å². The van der Waals surface area contributed by atoms with Gasteiger partial charge in [-0.1, -0.05) is 6.92 Å². The Labute approximate surface area is 127 Å². The normalized spacial score (nSPS) is 12.1. The Bertz CT molecular complexity index is 644. The summed E-state index contributed by atoms with van der Waals surface area (Å²) in [5, 5.41) is 0. The Balaban J connectivity index is 3.47. The van der Waals surface area contributed by atoms with E-state index in [1.54, 1.807) is 0 Å². The Morgan fingerprint density at radius 2 is 1.81 bits per heavy atom. The minimum atomic E-state index is -3.38. The quantitative estimate of drug-likeness (QED) is 0.776. The standard InChI is InChI=1S/C14H22O5SSi/c1-7-10-12(20(3,16)17)9-8-11(13(10)18-2)14(15)19-21(4,5)6/h8-9H,7H2,1-6H3. The maximum absolute atomic E-state index is 12.3. The van der Waals surface area contributed by atoms with Crippen LogP contribution in [0.4, 0.5) is 0 Å². The van der Waals surface area contributed by atoms with E-state index >= 15 is 0 Å². The van der Waals surface area contributed by atoms with Crippen LogP contribution in [0.25, 0.3) is 0 Å². The third kappa shape index (κ3) is 4.31. The predicted octanol–water partition coefficient (Wildman–Crippen LogP) is 2.65. The number of sulfone groups is 1. The fraction of sp³-hybridized carbons (Fsp3) is 0.500. The van der Waals surface area contributed by atoms with Crippen LogP contribution in [0, 0.1) is 0 Å². The average Bonchev–Trinajstić information content (AvgIpc) is 2.33. The summed E-state index contributed by atoms with van der Waals surface area (Å²) >= 11 is 0. The van der Waals surface area contributed by atoms with Crippen molar-refractivity contribution in [1.82, 2.24) is 0 Å². The zero-order valence-electron chi connectivity index (χ0n) is 13.3. The first kappa shape index (κ1) is 17.7. The summed E-state index contributed by atoms with van der Waals surface area (Å²) < 4.78 is 34.4. The molecule has 21 heavy (non-hydrogen) atoms. The van der Waals surface area contributed by atoms with Gasteiger partial charge in [-0.25, -0.2) is 13.2 Å². The number of carbonyl (C=O) groups excluding carboxylic acids is 1. The highest BCUT2D eigenvalue weighted by molar-refractivity contribution is 7.90. The molecule has 1 rings (SSSR count). The summed E-state index contributed by atoms with van der Waals surface area (Å²) in [6, 6.07) is 2.90. The molecule has 0 fully saturated rings. The summed E-state index contributed by atoms with van der Waals surface area (Å²) in [4.78, 5) is 12.4. The van der Waals surface area contributed by atoms with Crippen molar-refractivity contribution < 1.29 is 22.4 Å². The van der Waals surface area contributed by atoms with E-state index in [4.69, 9.17) is 9.16 Å². The Hall–Kier alpha value is -1.34. The van der Waals surface area contributed by atoms with Crippen molar-refractivity contribution >= 4 is 24.1 Å². The molecular weight excluding hydrogens is 308 g/mol. The Morgan fingerprint density at radius 1 is 1.24 bits per heavy atom. The molecule has 0 radical (unpaired) electrons. The van der Waals surface area contributed by atoms with Crippen molar-refractivity contribution in [3.8, 4) is 5.75 Å². The fourth-order valence-corrected chi connectivity index (χ4v) is 3.68. The molecule has 0 heterocycles. The molecule has 0 saturated carbocycles. The molecular formula is C14H22O5SSi. The molecule has 0 amide bonds. The zero-order valence-corrected chi connectivity index (χ0v) is 15.1. The molecule has 0 aliphatic carbocycles.